The first-order chi connectivity index (χ1) is 10.1. The molecule has 0 amide bonds. The minimum absolute atomic E-state index is 0.124. The van der Waals surface area contributed by atoms with Crippen molar-refractivity contribution in [3.8, 4) is 5.75 Å². The number of aromatic nitrogens is 1. The highest BCUT2D eigenvalue weighted by atomic mass is 35.5. The molecule has 0 spiro atoms. The fourth-order valence-electron chi connectivity index (χ4n) is 1.95. The summed E-state index contributed by atoms with van der Waals surface area (Å²) in [5, 5.41) is 18.5. The Balaban J connectivity index is 1.99. The van der Waals surface area contributed by atoms with Crippen LogP contribution >= 0.6 is 22.9 Å². The van der Waals surface area contributed by atoms with Gasteiger partial charge in [0.1, 0.15) is 5.75 Å². The largest absolute Gasteiger partial charge is 0.507 e. The first kappa shape index (κ1) is 13.9. The molecule has 106 valence electrons. The molecule has 6 heteroatoms. The molecule has 1 heterocycles. The highest BCUT2D eigenvalue weighted by Crippen LogP contribution is 2.19. The van der Waals surface area contributed by atoms with E-state index in [0.717, 1.165) is 15.0 Å². The van der Waals surface area contributed by atoms with Crippen LogP contribution in [-0.2, 0) is 7.05 Å². The predicted octanol–water partition coefficient (Wildman–Crippen LogP) is 3.53. The number of rotatable bonds is 2. The number of para-hydroxylation sites is 1. The van der Waals surface area contributed by atoms with Gasteiger partial charge in [-0.05, 0) is 30.3 Å². The molecule has 1 aromatic heterocycles. The summed E-state index contributed by atoms with van der Waals surface area (Å²) in [6.45, 7) is 0. The van der Waals surface area contributed by atoms with Crippen LogP contribution in [0.15, 0.2) is 52.7 Å². The average Bonchev–Trinajstić information content (AvgIpc) is 2.80. The molecule has 4 nitrogen and oxygen atoms in total. The maximum Gasteiger partial charge on any atom is 0.211 e. The summed E-state index contributed by atoms with van der Waals surface area (Å²) in [6.07, 6.45) is 1.49. The van der Waals surface area contributed by atoms with Crippen molar-refractivity contribution in [3.05, 3.63) is 57.9 Å². The number of halogens is 1. The van der Waals surface area contributed by atoms with Crippen LogP contribution in [0.3, 0.4) is 0 Å². The Kier molecular flexibility index (Phi) is 3.77. The predicted molar refractivity (Wildman–Crippen MR) is 87.1 cm³/mol. The maximum atomic E-state index is 9.71. The van der Waals surface area contributed by atoms with Crippen LogP contribution in [0.5, 0.6) is 5.75 Å². The second-order valence-electron chi connectivity index (χ2n) is 4.46. The van der Waals surface area contributed by atoms with Gasteiger partial charge in [0, 0.05) is 17.6 Å². The van der Waals surface area contributed by atoms with Crippen molar-refractivity contribution in [1.82, 2.24) is 4.57 Å². The van der Waals surface area contributed by atoms with Gasteiger partial charge in [0.05, 0.1) is 16.4 Å². The van der Waals surface area contributed by atoms with Gasteiger partial charge in [-0.15, -0.1) is 5.10 Å². The second-order valence-corrected chi connectivity index (χ2v) is 5.90. The van der Waals surface area contributed by atoms with Crippen LogP contribution in [0.2, 0.25) is 5.02 Å². The molecule has 0 aliphatic rings. The molecule has 3 aromatic rings. The fraction of sp³-hybridized carbons (Fsp3) is 0.0667. The SMILES string of the molecule is Cn1c(=N/N=C/c2cc(Cl)ccc2O)sc2ccccc21. The summed E-state index contributed by atoms with van der Waals surface area (Å²) in [5.41, 5.74) is 1.65. The van der Waals surface area contributed by atoms with E-state index in [1.807, 2.05) is 35.9 Å². The van der Waals surface area contributed by atoms with Gasteiger partial charge in [-0.3, -0.25) is 0 Å². The van der Waals surface area contributed by atoms with Gasteiger partial charge in [0.15, 0.2) is 0 Å². The lowest BCUT2D eigenvalue weighted by Gasteiger charge is -1.97. The Labute approximate surface area is 130 Å². The average molecular weight is 318 g/mol. The molecule has 0 aliphatic carbocycles. The number of nitrogens with zero attached hydrogens (tertiary/aromatic N) is 3. The Morgan fingerprint density at radius 2 is 2.05 bits per heavy atom. The lowest BCUT2D eigenvalue weighted by molar-refractivity contribution is 0.474. The van der Waals surface area contributed by atoms with E-state index in [4.69, 9.17) is 11.6 Å². The van der Waals surface area contributed by atoms with Crippen LogP contribution in [0.4, 0.5) is 0 Å². The highest BCUT2D eigenvalue weighted by Gasteiger charge is 2.01. The molecule has 0 saturated carbocycles. The van der Waals surface area contributed by atoms with Gasteiger partial charge in [0.2, 0.25) is 4.80 Å². The first-order valence-corrected chi connectivity index (χ1v) is 7.45. The first-order valence-electron chi connectivity index (χ1n) is 6.25. The molecule has 21 heavy (non-hydrogen) atoms. The molecular weight excluding hydrogens is 306 g/mol. The zero-order chi connectivity index (χ0) is 14.8. The Hall–Kier alpha value is -2.11. The summed E-state index contributed by atoms with van der Waals surface area (Å²) in [6, 6.07) is 12.9. The highest BCUT2D eigenvalue weighted by molar-refractivity contribution is 7.16. The second kappa shape index (κ2) is 5.71. The van der Waals surface area contributed by atoms with E-state index < -0.39 is 0 Å². The minimum atomic E-state index is 0.124. The third-order valence-corrected chi connectivity index (χ3v) is 4.38. The van der Waals surface area contributed by atoms with Crippen molar-refractivity contribution in [2.45, 2.75) is 0 Å². The molecule has 0 bridgehead atoms. The minimum Gasteiger partial charge on any atom is -0.507 e. The topological polar surface area (TPSA) is 49.9 Å². The molecule has 2 aromatic carbocycles. The molecule has 0 fully saturated rings. The number of fused-ring (bicyclic) bond motifs is 1. The Morgan fingerprint density at radius 1 is 1.24 bits per heavy atom. The molecule has 0 atom stereocenters. The van der Waals surface area contributed by atoms with Gasteiger partial charge in [-0.1, -0.05) is 35.1 Å². The standard InChI is InChI=1S/C15H12ClN3OS/c1-19-12-4-2-3-5-14(12)21-15(19)18-17-9-10-8-11(16)6-7-13(10)20/h2-9,20H,1H3/b17-9+,18-15?. The van der Waals surface area contributed by atoms with Crippen molar-refractivity contribution < 1.29 is 5.11 Å². The van der Waals surface area contributed by atoms with Crippen LogP contribution in [0, 0.1) is 0 Å². The monoisotopic (exact) mass is 317 g/mol. The summed E-state index contributed by atoms with van der Waals surface area (Å²) < 4.78 is 3.13. The van der Waals surface area contributed by atoms with Crippen molar-refractivity contribution in [3.63, 3.8) is 0 Å². The van der Waals surface area contributed by atoms with E-state index in [-0.39, 0.29) is 5.75 Å². The van der Waals surface area contributed by atoms with Gasteiger partial charge in [0.25, 0.3) is 0 Å². The van der Waals surface area contributed by atoms with Crippen LogP contribution in [-0.4, -0.2) is 15.9 Å². The molecule has 0 unspecified atom stereocenters. The lowest BCUT2D eigenvalue weighted by Crippen LogP contribution is -2.08. The smallest absolute Gasteiger partial charge is 0.211 e. The summed E-state index contributed by atoms with van der Waals surface area (Å²) in [5.74, 6) is 0.124. The lowest BCUT2D eigenvalue weighted by atomic mass is 10.2. The number of hydrogen-bond donors (Lipinski definition) is 1. The zero-order valence-electron chi connectivity index (χ0n) is 11.2. The molecule has 3 rings (SSSR count). The number of aryl methyl sites for hydroxylation is 1. The molecule has 0 aliphatic heterocycles. The fourth-order valence-corrected chi connectivity index (χ4v) is 3.10. The third-order valence-electron chi connectivity index (χ3n) is 3.04. The summed E-state index contributed by atoms with van der Waals surface area (Å²) >= 11 is 7.45. The summed E-state index contributed by atoms with van der Waals surface area (Å²) in [7, 11) is 1.95. The van der Waals surface area contributed by atoms with Gasteiger partial charge >= 0.3 is 0 Å². The van der Waals surface area contributed by atoms with Crippen molar-refractivity contribution >= 4 is 39.4 Å². The van der Waals surface area contributed by atoms with E-state index in [1.54, 1.807) is 23.5 Å². The van der Waals surface area contributed by atoms with E-state index in [1.165, 1.54) is 12.3 Å². The van der Waals surface area contributed by atoms with Crippen molar-refractivity contribution in [2.75, 3.05) is 0 Å². The number of benzene rings is 2. The van der Waals surface area contributed by atoms with E-state index >= 15 is 0 Å². The zero-order valence-corrected chi connectivity index (χ0v) is 12.8. The van der Waals surface area contributed by atoms with E-state index in [0.29, 0.717) is 10.6 Å². The van der Waals surface area contributed by atoms with Gasteiger partial charge < -0.3 is 9.67 Å². The van der Waals surface area contributed by atoms with Crippen LogP contribution in [0.25, 0.3) is 10.2 Å². The Morgan fingerprint density at radius 3 is 2.86 bits per heavy atom. The Bertz CT molecular complexity index is 895. The summed E-state index contributed by atoms with van der Waals surface area (Å²) in [4.78, 5) is 0.786. The van der Waals surface area contributed by atoms with E-state index in [2.05, 4.69) is 10.2 Å². The van der Waals surface area contributed by atoms with Crippen molar-refractivity contribution in [2.24, 2.45) is 17.3 Å². The van der Waals surface area contributed by atoms with Gasteiger partial charge in [-0.2, -0.15) is 5.10 Å². The number of phenols is 1. The number of aromatic hydroxyl groups is 1. The number of phenolic OH excluding ortho intramolecular Hbond substituents is 1. The quantitative estimate of drug-likeness (QED) is 0.570. The molecule has 0 saturated heterocycles. The van der Waals surface area contributed by atoms with Crippen LogP contribution < -0.4 is 4.80 Å². The maximum absolute atomic E-state index is 9.71. The number of hydrogen-bond acceptors (Lipinski definition) is 4. The normalized spacial score (nSPS) is 12.6. The number of thiazole rings is 1. The van der Waals surface area contributed by atoms with Gasteiger partial charge in [-0.25, -0.2) is 0 Å². The van der Waals surface area contributed by atoms with Crippen molar-refractivity contribution in [1.29, 1.82) is 0 Å². The molecule has 0 radical (unpaired) electrons. The third kappa shape index (κ3) is 2.84. The molecular formula is C15H12ClN3OS. The molecule has 1 N–H and O–H groups in total. The van der Waals surface area contributed by atoms with Crippen LogP contribution in [0.1, 0.15) is 5.56 Å². The van der Waals surface area contributed by atoms with E-state index in [9.17, 15) is 5.11 Å².